The van der Waals surface area contributed by atoms with E-state index in [9.17, 15) is 0 Å². The maximum Gasteiger partial charge on any atom is 0.159 e. The smallest absolute Gasteiger partial charge is 0.159 e. The normalized spacial score (nSPS) is 11.9. The third kappa shape index (κ3) is 2.74. The van der Waals surface area contributed by atoms with Gasteiger partial charge in [0.15, 0.2) is 5.82 Å². The molecule has 0 aromatic carbocycles. The molecule has 18 heavy (non-hydrogen) atoms. The van der Waals surface area contributed by atoms with Crippen LogP contribution in [0.5, 0.6) is 0 Å². The average molecular weight is 309 g/mol. The molecule has 0 aliphatic carbocycles. The van der Waals surface area contributed by atoms with E-state index in [0.717, 1.165) is 5.69 Å². The zero-order valence-electron chi connectivity index (χ0n) is 9.76. The predicted molar refractivity (Wildman–Crippen MR) is 73.8 cm³/mol. The summed E-state index contributed by atoms with van der Waals surface area (Å²) in [5.74, 6) is 6.54. The molecule has 0 fully saturated rings. The van der Waals surface area contributed by atoms with Gasteiger partial charge in [0.2, 0.25) is 0 Å². The lowest BCUT2D eigenvalue weighted by molar-refractivity contribution is 0.829. The minimum Gasteiger partial charge on any atom is -0.361 e. The van der Waals surface area contributed by atoms with Gasteiger partial charge in [-0.15, -0.1) is 0 Å². The minimum atomic E-state index is 0.0306. The summed E-state index contributed by atoms with van der Waals surface area (Å²) < 4.78 is 0.690. The second kappa shape index (κ2) is 5.74. The Bertz CT molecular complexity index is 518. The Labute approximate surface area is 113 Å². The fourth-order valence-electron chi connectivity index (χ4n) is 1.48. The van der Waals surface area contributed by atoms with E-state index < -0.39 is 0 Å². The van der Waals surface area contributed by atoms with Gasteiger partial charge >= 0.3 is 0 Å². The molecule has 7 heteroatoms. The summed E-state index contributed by atoms with van der Waals surface area (Å²) in [7, 11) is 0. The second-order valence-electron chi connectivity index (χ2n) is 3.65. The van der Waals surface area contributed by atoms with Gasteiger partial charge in [0.1, 0.15) is 16.6 Å². The SMILES string of the molecule is CC(Nc1ncnc(NN)c1Br)c1ccccn1. The molecule has 1 unspecified atom stereocenters. The number of pyridine rings is 1. The summed E-state index contributed by atoms with van der Waals surface area (Å²) in [4.78, 5) is 12.4. The summed E-state index contributed by atoms with van der Waals surface area (Å²) in [5.41, 5.74) is 3.43. The summed E-state index contributed by atoms with van der Waals surface area (Å²) in [6.45, 7) is 2.01. The number of nitrogen functional groups attached to an aromatic ring is 1. The Hall–Kier alpha value is -1.73. The van der Waals surface area contributed by atoms with E-state index in [1.807, 2.05) is 25.1 Å². The van der Waals surface area contributed by atoms with Gasteiger partial charge in [-0.1, -0.05) is 6.07 Å². The number of halogens is 1. The number of hydrogen-bond acceptors (Lipinski definition) is 6. The minimum absolute atomic E-state index is 0.0306. The molecule has 0 amide bonds. The predicted octanol–water partition coefficient (Wildman–Crippen LogP) is 2.09. The zero-order valence-corrected chi connectivity index (χ0v) is 11.3. The lowest BCUT2D eigenvalue weighted by atomic mass is 10.2. The maximum atomic E-state index is 5.35. The number of nitrogens with two attached hydrogens (primary N) is 1. The number of rotatable bonds is 4. The van der Waals surface area contributed by atoms with Crippen molar-refractivity contribution in [2.75, 3.05) is 10.7 Å². The molecule has 2 aromatic heterocycles. The lowest BCUT2D eigenvalue weighted by Gasteiger charge is -2.15. The summed E-state index contributed by atoms with van der Waals surface area (Å²) >= 11 is 3.39. The Morgan fingerprint density at radius 1 is 1.22 bits per heavy atom. The molecule has 2 rings (SSSR count). The van der Waals surface area contributed by atoms with Crippen LogP contribution >= 0.6 is 15.9 Å². The van der Waals surface area contributed by atoms with E-state index in [1.165, 1.54) is 6.33 Å². The number of hydrazine groups is 1. The number of nitrogens with zero attached hydrogens (tertiary/aromatic N) is 3. The van der Waals surface area contributed by atoms with Crippen LogP contribution in [0.3, 0.4) is 0 Å². The zero-order chi connectivity index (χ0) is 13.0. The van der Waals surface area contributed by atoms with Crippen molar-refractivity contribution in [3.8, 4) is 0 Å². The fourth-order valence-corrected chi connectivity index (χ4v) is 1.92. The highest BCUT2D eigenvalue weighted by Crippen LogP contribution is 2.28. The van der Waals surface area contributed by atoms with Crippen LogP contribution in [0.2, 0.25) is 0 Å². The largest absolute Gasteiger partial charge is 0.361 e. The molecule has 0 radical (unpaired) electrons. The highest BCUT2D eigenvalue weighted by Gasteiger charge is 2.12. The van der Waals surface area contributed by atoms with Gasteiger partial charge in [-0.05, 0) is 35.0 Å². The maximum absolute atomic E-state index is 5.35. The van der Waals surface area contributed by atoms with Crippen LogP contribution < -0.4 is 16.6 Å². The summed E-state index contributed by atoms with van der Waals surface area (Å²) in [6.07, 6.45) is 3.20. The van der Waals surface area contributed by atoms with Crippen molar-refractivity contribution in [3.05, 3.63) is 40.9 Å². The van der Waals surface area contributed by atoms with Gasteiger partial charge < -0.3 is 10.7 Å². The van der Waals surface area contributed by atoms with Crippen molar-refractivity contribution in [3.63, 3.8) is 0 Å². The van der Waals surface area contributed by atoms with E-state index >= 15 is 0 Å². The Balaban J connectivity index is 2.19. The van der Waals surface area contributed by atoms with Crippen LogP contribution in [-0.4, -0.2) is 15.0 Å². The van der Waals surface area contributed by atoms with Crippen molar-refractivity contribution in [1.29, 1.82) is 0 Å². The van der Waals surface area contributed by atoms with E-state index in [2.05, 4.69) is 41.6 Å². The highest BCUT2D eigenvalue weighted by atomic mass is 79.9. The molecule has 4 N–H and O–H groups in total. The molecule has 0 aliphatic heterocycles. The Morgan fingerprint density at radius 3 is 2.67 bits per heavy atom. The van der Waals surface area contributed by atoms with Crippen molar-refractivity contribution in [1.82, 2.24) is 15.0 Å². The molecule has 0 saturated carbocycles. The molecule has 2 aromatic rings. The third-order valence-corrected chi connectivity index (χ3v) is 3.16. The van der Waals surface area contributed by atoms with Crippen LogP contribution in [0.4, 0.5) is 11.6 Å². The first-order valence-corrected chi connectivity index (χ1v) is 6.16. The number of aromatic nitrogens is 3. The van der Waals surface area contributed by atoms with Gasteiger partial charge in [-0.3, -0.25) is 4.98 Å². The Morgan fingerprint density at radius 2 is 2.00 bits per heavy atom. The van der Waals surface area contributed by atoms with Crippen LogP contribution in [0, 0.1) is 0 Å². The summed E-state index contributed by atoms with van der Waals surface area (Å²) in [5, 5.41) is 3.25. The van der Waals surface area contributed by atoms with E-state index in [0.29, 0.717) is 16.1 Å². The molecule has 2 heterocycles. The van der Waals surface area contributed by atoms with Crippen LogP contribution in [-0.2, 0) is 0 Å². The monoisotopic (exact) mass is 308 g/mol. The molecule has 0 aliphatic rings. The van der Waals surface area contributed by atoms with E-state index in [1.54, 1.807) is 6.20 Å². The topological polar surface area (TPSA) is 88.8 Å². The first-order chi connectivity index (χ1) is 8.72. The van der Waals surface area contributed by atoms with E-state index in [-0.39, 0.29) is 6.04 Å². The quantitative estimate of drug-likeness (QED) is 0.592. The van der Waals surface area contributed by atoms with Crippen LogP contribution in [0.1, 0.15) is 18.7 Å². The first kappa shape index (κ1) is 12.7. The molecule has 94 valence electrons. The number of hydrogen-bond donors (Lipinski definition) is 3. The lowest BCUT2D eigenvalue weighted by Crippen LogP contribution is -2.13. The molecule has 1 atom stereocenters. The highest BCUT2D eigenvalue weighted by molar-refractivity contribution is 9.10. The molecule has 6 nitrogen and oxygen atoms in total. The fraction of sp³-hybridized carbons (Fsp3) is 0.182. The van der Waals surface area contributed by atoms with Gasteiger partial charge in [0.25, 0.3) is 0 Å². The molecule has 0 saturated heterocycles. The number of anilines is 2. The third-order valence-electron chi connectivity index (χ3n) is 2.41. The van der Waals surface area contributed by atoms with Gasteiger partial charge in [0, 0.05) is 6.20 Å². The van der Waals surface area contributed by atoms with Crippen molar-refractivity contribution in [2.24, 2.45) is 5.84 Å². The molecule has 0 bridgehead atoms. The molecule has 0 spiro atoms. The molecular formula is C11H13BrN6. The van der Waals surface area contributed by atoms with Crippen molar-refractivity contribution >= 4 is 27.6 Å². The average Bonchev–Trinajstić information content (AvgIpc) is 2.42. The standard InChI is InChI=1S/C11H13BrN6/c1-7(8-4-2-3-5-14-8)17-10-9(12)11(18-13)16-6-15-10/h2-7H,13H2,1H3,(H2,15,16,17,18). The van der Waals surface area contributed by atoms with Gasteiger partial charge in [-0.2, -0.15) is 0 Å². The Kier molecular flexibility index (Phi) is 4.06. The summed E-state index contributed by atoms with van der Waals surface area (Å²) in [6, 6.07) is 5.81. The molecular weight excluding hydrogens is 296 g/mol. The van der Waals surface area contributed by atoms with Gasteiger partial charge in [-0.25, -0.2) is 15.8 Å². The van der Waals surface area contributed by atoms with Crippen molar-refractivity contribution in [2.45, 2.75) is 13.0 Å². The first-order valence-electron chi connectivity index (χ1n) is 5.37. The number of nitrogens with one attached hydrogen (secondary N) is 2. The van der Waals surface area contributed by atoms with Crippen molar-refractivity contribution < 1.29 is 0 Å². The van der Waals surface area contributed by atoms with E-state index in [4.69, 9.17) is 5.84 Å². The van der Waals surface area contributed by atoms with Crippen LogP contribution in [0.15, 0.2) is 35.2 Å². The van der Waals surface area contributed by atoms with Crippen LogP contribution in [0.25, 0.3) is 0 Å². The van der Waals surface area contributed by atoms with Gasteiger partial charge in [0.05, 0.1) is 11.7 Å². The second-order valence-corrected chi connectivity index (χ2v) is 4.44.